The number of aliphatic hydroxyl groups is 1. The average molecular weight is 796 g/mol. The summed E-state index contributed by atoms with van der Waals surface area (Å²) in [6.45, 7) is 10.9. The van der Waals surface area contributed by atoms with Crippen molar-refractivity contribution in [3.63, 3.8) is 0 Å². The topological polar surface area (TPSA) is 60.9 Å². The molecular formula is C49H100N2O3P+. The molecule has 55 heavy (non-hydrogen) atoms. The van der Waals surface area contributed by atoms with E-state index in [4.69, 9.17) is 0 Å². The quantitative estimate of drug-likeness (QED) is 0.0493. The largest absolute Gasteiger partial charge is 0.392 e. The molecular weight excluding hydrogens is 696 g/mol. The zero-order chi connectivity index (χ0) is 40.6. The summed E-state index contributed by atoms with van der Waals surface area (Å²) in [6, 6.07) is 0. The highest BCUT2D eigenvalue weighted by atomic mass is 31.1. The van der Waals surface area contributed by atoms with Crippen LogP contribution in [0.2, 0.25) is 0 Å². The maximum absolute atomic E-state index is 14.4. The van der Waals surface area contributed by atoms with Crippen LogP contribution >= 0.6 is 7.80 Å². The van der Waals surface area contributed by atoms with Crippen LogP contribution in [0.1, 0.15) is 246 Å². The Morgan fingerprint density at radius 1 is 0.491 bits per heavy atom. The van der Waals surface area contributed by atoms with Crippen LogP contribution in [-0.2, 0) is 9.36 Å². The first-order valence-corrected chi connectivity index (χ1v) is 26.3. The highest BCUT2D eigenvalue weighted by Crippen LogP contribution is 2.31. The predicted molar refractivity (Wildman–Crippen MR) is 245 cm³/mol. The molecule has 0 heterocycles. The molecule has 0 aliphatic heterocycles. The zero-order valence-corrected chi connectivity index (χ0v) is 39.3. The molecule has 6 heteroatoms. The first-order valence-electron chi connectivity index (χ1n) is 24.8. The molecule has 0 aliphatic rings. The standard InChI is InChI=1S/C49H100N2O3P/c1-7-11-14-16-18-20-22-23-24-25-26-27-29-31-34-38-46(37-33-13-9-3)40-41-51(44-48(45-52)55(54)43-42-50(5)6)49(53)47(36-10-4)39-35-32-30-28-21-19-17-15-12-8-2/h46-48,52H,7-45H2,1-6H3/q+1. The molecule has 4 atom stereocenters. The van der Waals surface area contributed by atoms with Crippen molar-refractivity contribution in [3.05, 3.63) is 0 Å². The van der Waals surface area contributed by atoms with Gasteiger partial charge in [-0.1, -0.05) is 231 Å². The lowest BCUT2D eigenvalue weighted by Crippen LogP contribution is -2.42. The molecule has 0 saturated carbocycles. The van der Waals surface area contributed by atoms with Gasteiger partial charge in [-0.2, -0.15) is 0 Å². The first-order chi connectivity index (χ1) is 26.8. The van der Waals surface area contributed by atoms with E-state index in [-0.39, 0.29) is 24.1 Å². The number of carbonyl (C=O) groups is 1. The van der Waals surface area contributed by atoms with Crippen molar-refractivity contribution in [2.45, 2.75) is 252 Å². The minimum absolute atomic E-state index is 0.0483. The molecule has 5 nitrogen and oxygen atoms in total. The first kappa shape index (κ1) is 54.5. The van der Waals surface area contributed by atoms with E-state index in [9.17, 15) is 14.5 Å². The second-order valence-corrected chi connectivity index (χ2v) is 19.9. The molecule has 0 aromatic rings. The van der Waals surface area contributed by atoms with Crippen molar-refractivity contribution in [3.8, 4) is 0 Å². The molecule has 0 aromatic carbocycles. The smallest absolute Gasteiger partial charge is 0.347 e. The lowest BCUT2D eigenvalue weighted by molar-refractivity contribution is -0.136. The van der Waals surface area contributed by atoms with Crippen molar-refractivity contribution in [1.29, 1.82) is 0 Å². The van der Waals surface area contributed by atoms with Crippen molar-refractivity contribution >= 4 is 13.7 Å². The van der Waals surface area contributed by atoms with Gasteiger partial charge in [0.15, 0.2) is 11.8 Å². The van der Waals surface area contributed by atoms with Crippen molar-refractivity contribution in [2.24, 2.45) is 11.8 Å². The van der Waals surface area contributed by atoms with E-state index >= 15 is 0 Å². The SMILES string of the molecule is CCCCCCCCCCCCCCCCCC(CCCCC)CCN(CC(CO)[P+](=O)CCN(C)C)C(=O)C(CCC)CCCCCCCCCCCC. The molecule has 0 radical (unpaired) electrons. The summed E-state index contributed by atoms with van der Waals surface area (Å²) in [5.74, 6) is 0.962. The maximum Gasteiger partial charge on any atom is 0.347 e. The lowest BCUT2D eigenvalue weighted by Gasteiger charge is -2.30. The third-order valence-corrected chi connectivity index (χ3v) is 14.0. The van der Waals surface area contributed by atoms with Gasteiger partial charge in [0.1, 0.15) is 0 Å². The van der Waals surface area contributed by atoms with Gasteiger partial charge in [0.25, 0.3) is 0 Å². The highest BCUT2D eigenvalue weighted by molar-refractivity contribution is 7.45. The normalized spacial score (nSPS) is 13.7. The summed E-state index contributed by atoms with van der Waals surface area (Å²) in [5.41, 5.74) is -0.340. The number of nitrogens with zero attached hydrogens (tertiary/aromatic N) is 2. The van der Waals surface area contributed by atoms with Crippen LogP contribution in [-0.4, -0.2) is 73.0 Å². The molecule has 0 rings (SSSR count). The van der Waals surface area contributed by atoms with Gasteiger partial charge in [0.2, 0.25) is 5.91 Å². The van der Waals surface area contributed by atoms with Crippen molar-refractivity contribution in [1.82, 2.24) is 9.80 Å². The molecule has 0 saturated heterocycles. The van der Waals surface area contributed by atoms with E-state index in [1.807, 2.05) is 14.1 Å². The van der Waals surface area contributed by atoms with Crippen LogP contribution in [0.4, 0.5) is 0 Å². The molecule has 328 valence electrons. The Kier molecular flexibility index (Phi) is 41.3. The molecule has 1 N–H and O–H groups in total. The van der Waals surface area contributed by atoms with E-state index in [2.05, 4.69) is 37.5 Å². The molecule has 0 aromatic heterocycles. The number of amides is 1. The summed E-state index contributed by atoms with van der Waals surface area (Å²) in [5, 5.41) is 10.4. The second kappa shape index (κ2) is 41.6. The van der Waals surface area contributed by atoms with E-state index < -0.39 is 7.80 Å². The Morgan fingerprint density at radius 3 is 1.27 bits per heavy atom. The summed E-state index contributed by atoms with van der Waals surface area (Å²) in [7, 11) is 2.43. The Hall–Kier alpha value is -0.510. The van der Waals surface area contributed by atoms with E-state index in [0.29, 0.717) is 18.6 Å². The minimum Gasteiger partial charge on any atom is -0.392 e. The minimum atomic E-state index is -1.59. The molecule has 0 spiro atoms. The summed E-state index contributed by atoms with van der Waals surface area (Å²) in [6.07, 6.45) is 44.9. The third-order valence-electron chi connectivity index (χ3n) is 12.3. The number of carbonyl (C=O) groups excluding carboxylic acids is 1. The van der Waals surface area contributed by atoms with Crippen LogP contribution in [0.25, 0.3) is 0 Å². The van der Waals surface area contributed by atoms with Gasteiger partial charge in [-0.3, -0.25) is 4.79 Å². The molecule has 0 aliphatic carbocycles. The fourth-order valence-corrected chi connectivity index (χ4v) is 9.93. The van der Waals surface area contributed by atoms with Crippen LogP contribution in [0.15, 0.2) is 0 Å². The number of aliphatic hydroxyl groups excluding tert-OH is 1. The van der Waals surface area contributed by atoms with Crippen LogP contribution in [0.5, 0.6) is 0 Å². The van der Waals surface area contributed by atoms with E-state index in [1.54, 1.807) is 0 Å². The monoisotopic (exact) mass is 796 g/mol. The fourth-order valence-electron chi connectivity index (χ4n) is 8.40. The van der Waals surface area contributed by atoms with Crippen molar-refractivity contribution in [2.75, 3.05) is 46.5 Å². The number of hydrogen-bond donors (Lipinski definition) is 1. The van der Waals surface area contributed by atoms with Gasteiger partial charge in [-0.05, 0) is 39.3 Å². The van der Waals surface area contributed by atoms with Gasteiger partial charge in [-0.25, -0.2) is 0 Å². The molecule has 4 unspecified atom stereocenters. The molecule has 0 fully saturated rings. The zero-order valence-electron chi connectivity index (χ0n) is 38.4. The van der Waals surface area contributed by atoms with Crippen LogP contribution in [0.3, 0.4) is 0 Å². The summed E-state index contributed by atoms with van der Waals surface area (Å²) in [4.78, 5) is 18.5. The van der Waals surface area contributed by atoms with Crippen LogP contribution in [0, 0.1) is 11.8 Å². The lowest BCUT2D eigenvalue weighted by atomic mass is 9.90. The number of unbranched alkanes of at least 4 members (excludes halogenated alkanes) is 25. The third kappa shape index (κ3) is 34.1. The van der Waals surface area contributed by atoms with Gasteiger partial charge < -0.3 is 14.9 Å². The second-order valence-electron chi connectivity index (χ2n) is 17.9. The Labute approximate surface area is 346 Å². The Morgan fingerprint density at radius 2 is 0.873 bits per heavy atom. The highest BCUT2D eigenvalue weighted by Gasteiger charge is 2.34. The molecule has 1 amide bonds. The number of hydrogen-bond acceptors (Lipinski definition) is 4. The van der Waals surface area contributed by atoms with Gasteiger partial charge in [0.05, 0.1) is 13.2 Å². The Bertz CT molecular complexity index is 824. The number of rotatable bonds is 44. The van der Waals surface area contributed by atoms with Crippen LogP contribution < -0.4 is 0 Å². The maximum atomic E-state index is 14.4. The summed E-state index contributed by atoms with van der Waals surface area (Å²) < 4.78 is 13.4. The van der Waals surface area contributed by atoms with E-state index in [1.165, 1.54) is 186 Å². The molecule has 0 bridgehead atoms. The van der Waals surface area contributed by atoms with Gasteiger partial charge in [-0.15, -0.1) is 0 Å². The average Bonchev–Trinajstić information content (AvgIpc) is 3.18. The summed E-state index contributed by atoms with van der Waals surface area (Å²) >= 11 is 0. The fraction of sp³-hybridized carbons (Fsp3) is 0.980. The van der Waals surface area contributed by atoms with Gasteiger partial charge >= 0.3 is 7.80 Å². The van der Waals surface area contributed by atoms with Crippen molar-refractivity contribution < 1.29 is 14.5 Å². The van der Waals surface area contributed by atoms with E-state index in [0.717, 1.165) is 45.2 Å². The van der Waals surface area contributed by atoms with Gasteiger partial charge in [0, 0.05) is 19.0 Å². The predicted octanol–water partition coefficient (Wildman–Crippen LogP) is 15.1. The Balaban J connectivity index is 5.13.